The second kappa shape index (κ2) is 8.39. The number of hydrogen-bond donors (Lipinski definition) is 0. The van der Waals surface area contributed by atoms with Crippen LogP contribution in [0.25, 0.3) is 21.8 Å². The number of methoxy groups -OCH3 is 2. The summed E-state index contributed by atoms with van der Waals surface area (Å²) < 4.78 is 12.3. The first kappa shape index (κ1) is 19.2. The Balaban J connectivity index is 1.82. The normalized spacial score (nSPS) is 10.8. The first-order valence-electron chi connectivity index (χ1n) is 8.87. The van der Waals surface area contributed by atoms with Gasteiger partial charge in [0.25, 0.3) is 0 Å². The van der Waals surface area contributed by atoms with Crippen molar-refractivity contribution >= 4 is 17.3 Å². The number of aryl methyl sites for hydroxylation is 1. The summed E-state index contributed by atoms with van der Waals surface area (Å²) in [5.41, 5.74) is 5.50. The summed E-state index contributed by atoms with van der Waals surface area (Å²) in [7, 11) is 3.09. The van der Waals surface area contributed by atoms with Gasteiger partial charge in [-0.2, -0.15) is 0 Å². The Kier molecular flexibility index (Phi) is 5.96. The molecule has 0 N–H and O–H groups in total. The molecule has 0 spiro atoms. The van der Waals surface area contributed by atoms with Crippen molar-refractivity contribution in [2.45, 2.75) is 33.2 Å². The van der Waals surface area contributed by atoms with E-state index in [4.69, 9.17) is 14.5 Å². The zero-order chi connectivity index (χ0) is 19.4. The summed E-state index contributed by atoms with van der Waals surface area (Å²) in [6.07, 6.45) is 1.19. The highest BCUT2D eigenvalue weighted by atomic mass is 32.1. The molecule has 0 atom stereocenters. The Morgan fingerprint density at radius 1 is 1.22 bits per heavy atom. The number of thiazole rings is 1. The fourth-order valence-electron chi connectivity index (χ4n) is 3.17. The van der Waals surface area contributed by atoms with Gasteiger partial charge in [0.2, 0.25) is 0 Å². The molecule has 142 valence electrons. The molecule has 27 heavy (non-hydrogen) atoms. The monoisotopic (exact) mass is 384 g/mol. The fraction of sp³-hybridized carbons (Fsp3) is 0.333. The van der Waals surface area contributed by atoms with Crippen LogP contribution in [0.4, 0.5) is 0 Å². The van der Waals surface area contributed by atoms with Crippen LogP contribution in [0.3, 0.4) is 0 Å². The Labute approximate surface area is 163 Å². The molecule has 6 heteroatoms. The minimum Gasteiger partial charge on any atom is -0.497 e. The summed E-state index contributed by atoms with van der Waals surface area (Å²) in [6.45, 7) is 4.98. The van der Waals surface area contributed by atoms with Crippen LogP contribution in [0, 0.1) is 13.8 Å². The number of nitrogens with zero attached hydrogens (tertiary/aromatic N) is 2. The van der Waals surface area contributed by atoms with Crippen molar-refractivity contribution < 1.29 is 14.3 Å². The second-order valence-electron chi connectivity index (χ2n) is 6.39. The number of carbonyl (C=O) groups excluding carboxylic acids is 1. The molecule has 0 aliphatic heterocycles. The molecule has 3 rings (SSSR count). The van der Waals surface area contributed by atoms with E-state index in [0.717, 1.165) is 40.5 Å². The molecule has 0 amide bonds. The van der Waals surface area contributed by atoms with Gasteiger partial charge in [0.15, 0.2) is 0 Å². The van der Waals surface area contributed by atoms with Crippen molar-refractivity contribution in [3.63, 3.8) is 0 Å². The molecule has 5 nitrogen and oxygen atoms in total. The molecule has 0 radical (unpaired) electrons. The van der Waals surface area contributed by atoms with E-state index >= 15 is 0 Å². The Hall–Kier alpha value is -2.60. The molecule has 0 bridgehead atoms. The first-order valence-corrected chi connectivity index (χ1v) is 9.75. The average Bonchev–Trinajstić information content (AvgIpc) is 3.28. The first-order chi connectivity index (χ1) is 13.0. The van der Waals surface area contributed by atoms with E-state index in [1.807, 2.05) is 24.3 Å². The molecule has 0 saturated carbocycles. The molecule has 0 fully saturated rings. The van der Waals surface area contributed by atoms with Crippen LogP contribution in [0.5, 0.6) is 5.75 Å². The van der Waals surface area contributed by atoms with Crippen LogP contribution in [-0.4, -0.2) is 29.7 Å². The lowest BCUT2D eigenvalue weighted by atomic mass is 10.2. The molecule has 3 aromatic rings. The van der Waals surface area contributed by atoms with Crippen molar-refractivity contribution in [2.24, 2.45) is 0 Å². The van der Waals surface area contributed by atoms with Crippen molar-refractivity contribution in [1.29, 1.82) is 0 Å². The number of ether oxygens (including phenoxy) is 2. The number of aromatic nitrogens is 2. The maximum absolute atomic E-state index is 11.3. The predicted octanol–water partition coefficient (Wildman–Crippen LogP) is 4.86. The summed E-state index contributed by atoms with van der Waals surface area (Å²) in [4.78, 5) is 16.2. The van der Waals surface area contributed by atoms with E-state index in [0.29, 0.717) is 6.42 Å². The molecule has 2 heterocycles. The minimum absolute atomic E-state index is 0.167. The van der Waals surface area contributed by atoms with Crippen LogP contribution < -0.4 is 4.74 Å². The van der Waals surface area contributed by atoms with Gasteiger partial charge in [0.1, 0.15) is 10.8 Å². The predicted molar refractivity (Wildman–Crippen MR) is 108 cm³/mol. The maximum Gasteiger partial charge on any atom is 0.305 e. The van der Waals surface area contributed by atoms with E-state index in [-0.39, 0.29) is 5.97 Å². The third-order valence-electron chi connectivity index (χ3n) is 4.66. The summed E-state index contributed by atoms with van der Waals surface area (Å²) in [5.74, 6) is 0.660. The smallest absolute Gasteiger partial charge is 0.305 e. The molecule has 2 aromatic heterocycles. The molecular weight excluding hydrogens is 360 g/mol. The van der Waals surface area contributed by atoms with Crippen LogP contribution in [0.1, 0.15) is 24.2 Å². The lowest BCUT2D eigenvalue weighted by Gasteiger charge is -2.09. The minimum atomic E-state index is -0.167. The van der Waals surface area contributed by atoms with Crippen LogP contribution in [0.15, 0.2) is 35.7 Å². The van der Waals surface area contributed by atoms with Crippen LogP contribution >= 0.6 is 11.3 Å². The lowest BCUT2D eigenvalue weighted by molar-refractivity contribution is -0.140. The van der Waals surface area contributed by atoms with Gasteiger partial charge < -0.3 is 14.0 Å². The Bertz CT molecular complexity index is 943. The number of hydrogen-bond acceptors (Lipinski definition) is 5. The molecule has 1 aromatic carbocycles. The van der Waals surface area contributed by atoms with E-state index in [1.54, 1.807) is 18.4 Å². The average molecular weight is 385 g/mol. The highest BCUT2D eigenvalue weighted by Gasteiger charge is 2.15. The molecule has 0 aliphatic carbocycles. The van der Waals surface area contributed by atoms with Crippen LogP contribution in [0.2, 0.25) is 0 Å². The molecule has 0 saturated heterocycles. The van der Waals surface area contributed by atoms with Gasteiger partial charge in [0, 0.05) is 40.9 Å². The topological polar surface area (TPSA) is 53.4 Å². The lowest BCUT2D eigenvalue weighted by Crippen LogP contribution is -2.06. The third-order valence-corrected chi connectivity index (χ3v) is 5.55. The van der Waals surface area contributed by atoms with Crippen molar-refractivity contribution in [3.8, 4) is 27.6 Å². The van der Waals surface area contributed by atoms with Gasteiger partial charge in [-0.15, -0.1) is 11.3 Å². The van der Waals surface area contributed by atoms with Crippen LogP contribution in [-0.2, 0) is 16.1 Å². The SMILES string of the molecule is COC(=O)CCCn1c(C)cc(-c2csc(-c3cccc(OC)c3)n2)c1C. The molecular formula is C21H24N2O3S. The molecule has 0 aliphatic rings. The van der Waals surface area contributed by atoms with Crippen molar-refractivity contribution in [3.05, 3.63) is 47.1 Å². The highest BCUT2D eigenvalue weighted by Crippen LogP contribution is 2.33. The number of esters is 1. The Morgan fingerprint density at radius 2 is 2.04 bits per heavy atom. The van der Waals surface area contributed by atoms with Crippen molar-refractivity contribution in [2.75, 3.05) is 14.2 Å². The van der Waals surface area contributed by atoms with E-state index in [2.05, 4.69) is 29.9 Å². The van der Waals surface area contributed by atoms with Gasteiger partial charge in [-0.3, -0.25) is 4.79 Å². The standard InChI is InChI=1S/C21H24N2O3S/c1-14-11-18(15(2)23(14)10-6-9-20(24)26-4)19-13-27-21(22-19)16-7-5-8-17(12-16)25-3/h5,7-8,11-13H,6,9-10H2,1-4H3. The van der Waals surface area contributed by atoms with Gasteiger partial charge in [-0.1, -0.05) is 12.1 Å². The number of rotatable bonds is 7. The quantitative estimate of drug-likeness (QED) is 0.546. The maximum atomic E-state index is 11.3. The fourth-order valence-corrected chi connectivity index (χ4v) is 3.99. The largest absolute Gasteiger partial charge is 0.497 e. The van der Waals surface area contributed by atoms with E-state index < -0.39 is 0 Å². The summed E-state index contributed by atoms with van der Waals surface area (Å²) >= 11 is 1.63. The third kappa shape index (κ3) is 4.22. The zero-order valence-corrected chi connectivity index (χ0v) is 16.9. The van der Waals surface area contributed by atoms with Crippen molar-refractivity contribution in [1.82, 2.24) is 9.55 Å². The summed E-state index contributed by atoms with van der Waals surface area (Å²) in [6, 6.07) is 10.1. The number of benzene rings is 1. The number of carbonyl (C=O) groups is 1. The highest BCUT2D eigenvalue weighted by molar-refractivity contribution is 7.13. The molecule has 0 unspecified atom stereocenters. The summed E-state index contributed by atoms with van der Waals surface area (Å²) in [5, 5.41) is 3.06. The van der Waals surface area contributed by atoms with E-state index in [1.165, 1.54) is 18.5 Å². The van der Waals surface area contributed by atoms with Gasteiger partial charge in [0.05, 0.1) is 19.9 Å². The zero-order valence-electron chi connectivity index (χ0n) is 16.1. The van der Waals surface area contributed by atoms with Gasteiger partial charge >= 0.3 is 5.97 Å². The van der Waals surface area contributed by atoms with Gasteiger partial charge in [-0.05, 0) is 38.5 Å². The van der Waals surface area contributed by atoms with Gasteiger partial charge in [-0.25, -0.2) is 4.98 Å². The second-order valence-corrected chi connectivity index (χ2v) is 7.24. The van der Waals surface area contributed by atoms with E-state index in [9.17, 15) is 4.79 Å². The Morgan fingerprint density at radius 3 is 2.78 bits per heavy atom.